The lowest BCUT2D eigenvalue weighted by Gasteiger charge is -2.43. The van der Waals surface area contributed by atoms with Crippen LogP contribution in [-0.4, -0.2) is 96.6 Å². The van der Waals surface area contributed by atoms with Gasteiger partial charge in [0.2, 0.25) is 5.60 Å². The predicted molar refractivity (Wildman–Crippen MR) is 133 cm³/mol. The van der Waals surface area contributed by atoms with Crippen LogP contribution < -0.4 is 22.1 Å². The van der Waals surface area contributed by atoms with Gasteiger partial charge < -0.3 is 32.0 Å². The molecule has 0 spiro atoms. The number of β-lactam (4-membered cyclic amide) rings is 1. The average Bonchev–Trinajstić information content (AvgIpc) is 3.33. The summed E-state index contributed by atoms with van der Waals surface area (Å²) in [5, 5.41) is 28.2. The third-order valence-electron chi connectivity index (χ3n) is 5.89. The van der Waals surface area contributed by atoms with Crippen molar-refractivity contribution in [3.05, 3.63) is 23.0 Å². The first kappa shape index (κ1) is 28.3. The number of nitrogens with zero attached hydrogens (tertiary/aromatic N) is 6. The molecule has 3 heterocycles. The molecule has 212 valence electrons. The van der Waals surface area contributed by atoms with E-state index in [1.807, 2.05) is 0 Å². The Morgan fingerprint density at radius 3 is 2.69 bits per heavy atom. The Hall–Kier alpha value is -3.72. The fraction of sp³-hybridized carbons (Fsp3) is 0.526. The quantitative estimate of drug-likeness (QED) is 0.0432. The largest absolute Gasteiger partial charge is 0.478 e. The summed E-state index contributed by atoms with van der Waals surface area (Å²) in [6, 6.07) is -2.73. The molecule has 18 nitrogen and oxygen atoms in total. The number of hydrogen-bond acceptors (Lipinski definition) is 14. The second kappa shape index (κ2) is 11.2. The molecule has 20 heteroatoms. The van der Waals surface area contributed by atoms with Crippen LogP contribution in [-0.2, 0) is 42.6 Å². The number of carboxylic acids is 1. The summed E-state index contributed by atoms with van der Waals surface area (Å²) >= 11 is 0.976. The summed E-state index contributed by atoms with van der Waals surface area (Å²) in [7, 11) is -4.97. The van der Waals surface area contributed by atoms with Crippen molar-refractivity contribution >= 4 is 50.3 Å². The molecule has 8 N–H and O–H groups in total. The summed E-state index contributed by atoms with van der Waals surface area (Å²) in [5.41, 5.74) is 9.52. The van der Waals surface area contributed by atoms with Crippen LogP contribution in [0, 0.1) is 0 Å². The van der Waals surface area contributed by atoms with Crippen molar-refractivity contribution in [2.24, 2.45) is 10.9 Å². The monoisotopic (exact) mass is 586 g/mol. The van der Waals surface area contributed by atoms with Gasteiger partial charge in [-0.25, -0.2) is 14.1 Å². The number of anilines is 1. The van der Waals surface area contributed by atoms with Crippen LogP contribution in [0.15, 0.2) is 16.7 Å². The Morgan fingerprint density at radius 2 is 2.10 bits per heavy atom. The minimum absolute atomic E-state index is 0.0494. The van der Waals surface area contributed by atoms with Gasteiger partial charge in [0.25, 0.3) is 11.8 Å². The van der Waals surface area contributed by atoms with Crippen molar-refractivity contribution in [3.63, 3.8) is 0 Å². The topological polar surface area (TPSA) is 270 Å². The van der Waals surface area contributed by atoms with E-state index in [1.54, 1.807) is 0 Å². The second-order valence-corrected chi connectivity index (χ2v) is 10.9. The lowest BCUT2D eigenvalue weighted by Crippen LogP contribution is -2.73. The van der Waals surface area contributed by atoms with Crippen LogP contribution in [0.4, 0.5) is 5.13 Å². The van der Waals surface area contributed by atoms with Gasteiger partial charge in [0, 0.05) is 24.8 Å². The van der Waals surface area contributed by atoms with E-state index in [2.05, 4.69) is 31.0 Å². The molecule has 0 bridgehead atoms. The zero-order valence-electron chi connectivity index (χ0n) is 20.3. The van der Waals surface area contributed by atoms with Gasteiger partial charge in [0.05, 0.1) is 18.4 Å². The van der Waals surface area contributed by atoms with Crippen LogP contribution in [0.25, 0.3) is 0 Å². The molecule has 1 saturated carbocycles. The number of carbonyl (C=O) groups excluding carboxylic acids is 2. The van der Waals surface area contributed by atoms with E-state index < -0.39 is 51.5 Å². The Morgan fingerprint density at radius 1 is 1.36 bits per heavy atom. The SMILES string of the molecule is NCCCNCc1cnn(C[C@H]2C(NC(=O)/C(=N\OC3(C(=O)O)CC3)c3csc(N)n3)C(=O)N2S(=O)(=O)O)n1. The highest BCUT2D eigenvalue weighted by Crippen LogP contribution is 2.40. The van der Waals surface area contributed by atoms with E-state index in [9.17, 15) is 32.5 Å². The lowest BCUT2D eigenvalue weighted by atomic mass is 9.98. The number of rotatable bonds is 14. The minimum atomic E-state index is -4.97. The third kappa shape index (κ3) is 6.30. The third-order valence-corrected chi connectivity index (χ3v) is 7.51. The zero-order valence-corrected chi connectivity index (χ0v) is 21.9. The molecule has 0 aromatic carbocycles. The Bertz CT molecular complexity index is 1390. The fourth-order valence-electron chi connectivity index (χ4n) is 3.65. The molecule has 2 amide bonds. The smallest absolute Gasteiger partial charge is 0.362 e. The first-order chi connectivity index (χ1) is 18.4. The molecule has 1 aliphatic heterocycles. The summed E-state index contributed by atoms with van der Waals surface area (Å²) < 4.78 is 33.5. The molecular weight excluding hydrogens is 560 g/mol. The van der Waals surface area contributed by atoms with Crippen LogP contribution in [0.2, 0.25) is 0 Å². The minimum Gasteiger partial charge on any atom is -0.478 e. The highest BCUT2D eigenvalue weighted by Gasteiger charge is 2.56. The Balaban J connectivity index is 1.51. The molecular formula is C19H26N10O8S2. The summed E-state index contributed by atoms with van der Waals surface area (Å²) in [6.07, 6.45) is 2.54. The molecule has 2 aliphatic rings. The molecule has 2 aromatic heterocycles. The van der Waals surface area contributed by atoms with E-state index in [0.717, 1.165) is 22.6 Å². The van der Waals surface area contributed by atoms with Gasteiger partial charge in [-0.2, -0.15) is 23.4 Å². The molecule has 39 heavy (non-hydrogen) atoms. The number of nitrogens with two attached hydrogens (primary N) is 2. The first-order valence-corrected chi connectivity index (χ1v) is 13.8. The molecule has 4 rings (SSSR count). The molecule has 1 aliphatic carbocycles. The van der Waals surface area contributed by atoms with Gasteiger partial charge in [0.15, 0.2) is 10.8 Å². The summed E-state index contributed by atoms with van der Waals surface area (Å²) in [4.78, 5) is 47.5. The Kier molecular flexibility index (Phi) is 8.11. The average molecular weight is 587 g/mol. The van der Waals surface area contributed by atoms with Crippen molar-refractivity contribution in [2.75, 3.05) is 18.8 Å². The van der Waals surface area contributed by atoms with Crippen molar-refractivity contribution in [1.82, 2.24) is 34.9 Å². The normalized spacial score (nSPS) is 20.4. The number of aromatic nitrogens is 4. The first-order valence-electron chi connectivity index (χ1n) is 11.6. The number of oxime groups is 1. The molecule has 2 fully saturated rings. The predicted octanol–water partition coefficient (Wildman–Crippen LogP) is -2.71. The molecule has 1 saturated heterocycles. The number of carbonyl (C=O) groups is 3. The van der Waals surface area contributed by atoms with E-state index in [0.29, 0.717) is 25.3 Å². The van der Waals surface area contributed by atoms with Gasteiger partial charge in [0.1, 0.15) is 17.8 Å². The van der Waals surface area contributed by atoms with Crippen LogP contribution in [0.1, 0.15) is 30.7 Å². The maximum atomic E-state index is 13.2. The van der Waals surface area contributed by atoms with Crippen LogP contribution in [0.3, 0.4) is 0 Å². The van der Waals surface area contributed by atoms with E-state index in [1.165, 1.54) is 11.6 Å². The van der Waals surface area contributed by atoms with Crippen molar-refractivity contribution in [3.8, 4) is 0 Å². The number of carboxylic acid groups (broad SMARTS) is 1. The van der Waals surface area contributed by atoms with Gasteiger partial charge in [-0.3, -0.25) is 14.1 Å². The number of hydrogen-bond donors (Lipinski definition) is 6. The maximum absolute atomic E-state index is 13.2. The lowest BCUT2D eigenvalue weighted by molar-refractivity contribution is -0.153. The van der Waals surface area contributed by atoms with E-state index in [-0.39, 0.29) is 34.5 Å². The van der Waals surface area contributed by atoms with Crippen molar-refractivity contribution < 1.29 is 37.3 Å². The van der Waals surface area contributed by atoms with Gasteiger partial charge in [-0.15, -0.1) is 11.3 Å². The highest BCUT2D eigenvalue weighted by atomic mass is 32.2. The van der Waals surface area contributed by atoms with Crippen molar-refractivity contribution in [2.45, 2.75) is 50.0 Å². The van der Waals surface area contributed by atoms with E-state index in [4.69, 9.17) is 16.3 Å². The molecule has 0 radical (unpaired) electrons. The second-order valence-electron chi connectivity index (χ2n) is 8.74. The molecule has 1 unspecified atom stereocenters. The summed E-state index contributed by atoms with van der Waals surface area (Å²) in [5.74, 6) is -3.39. The zero-order chi connectivity index (χ0) is 28.4. The van der Waals surface area contributed by atoms with Crippen molar-refractivity contribution in [1.29, 1.82) is 0 Å². The number of amides is 2. The van der Waals surface area contributed by atoms with Crippen LogP contribution in [0.5, 0.6) is 0 Å². The van der Waals surface area contributed by atoms with E-state index >= 15 is 0 Å². The van der Waals surface area contributed by atoms with Gasteiger partial charge >= 0.3 is 16.3 Å². The van der Waals surface area contributed by atoms with Gasteiger partial charge in [-0.05, 0) is 19.5 Å². The number of aliphatic carboxylic acids is 1. The fourth-order valence-corrected chi connectivity index (χ4v) is 5.07. The Labute approximate surface area is 225 Å². The maximum Gasteiger partial charge on any atom is 0.362 e. The summed E-state index contributed by atoms with van der Waals surface area (Å²) in [6.45, 7) is 1.23. The standard InChI is InChI=1S/C19H26N10O8S2/c20-4-1-5-22-6-10-7-23-28(26-10)8-12-14(16(31)29(12)39(34,35)36)25-15(30)13(11-9-38-18(21)24-11)27-37-19(2-3-19)17(32)33/h7,9,12,14,22H,1-6,8,20H2,(H2,21,24)(H,25,30)(H,32,33)(H,34,35,36)/b27-13-/t12-,14?/m0/s1. The number of nitrogen functional groups attached to an aromatic ring is 1. The van der Waals surface area contributed by atoms with Crippen LogP contribution >= 0.6 is 11.3 Å². The number of nitrogens with one attached hydrogen (secondary N) is 2. The molecule has 2 atom stereocenters. The number of thiazole rings is 1. The highest BCUT2D eigenvalue weighted by molar-refractivity contribution is 7.84. The molecule has 2 aromatic rings. The van der Waals surface area contributed by atoms with Gasteiger partial charge in [-0.1, -0.05) is 5.16 Å².